The van der Waals surface area contributed by atoms with Gasteiger partial charge in [-0.15, -0.1) is 0 Å². The van der Waals surface area contributed by atoms with Gasteiger partial charge in [0.05, 0.1) is 23.0 Å². The van der Waals surface area contributed by atoms with Gasteiger partial charge in [0.25, 0.3) is 20.2 Å². The maximum absolute atomic E-state index is 12.6. The molecule has 0 heterocycles. The molecule has 0 aromatic heterocycles. The summed E-state index contributed by atoms with van der Waals surface area (Å²) in [5.74, 6) is 3.42. The first-order chi connectivity index (χ1) is 18.2. The molecule has 2 fully saturated rings. The zero-order valence-corrected chi connectivity index (χ0v) is 23.3. The second kappa shape index (κ2) is 9.73. The predicted molar refractivity (Wildman–Crippen MR) is 144 cm³/mol. The van der Waals surface area contributed by atoms with Gasteiger partial charge in [-0.1, -0.05) is 59.7 Å². The number of hydrogen-bond donors (Lipinski definition) is 0. The summed E-state index contributed by atoms with van der Waals surface area (Å²) in [5, 5.41) is 0. The van der Waals surface area contributed by atoms with Gasteiger partial charge in [-0.2, -0.15) is 16.8 Å². The van der Waals surface area contributed by atoms with Crippen LogP contribution in [0, 0.1) is 61.2 Å². The molecule has 0 N–H and O–H groups in total. The Bertz CT molecular complexity index is 1320. The monoisotopic (exact) mass is 554 g/mol. The molecule has 0 saturated heterocycles. The number of aryl methyl sites for hydroxylation is 2. The first kappa shape index (κ1) is 26.0. The number of benzene rings is 2. The second-order valence-electron chi connectivity index (χ2n) is 11.3. The third-order valence-electron chi connectivity index (χ3n) is 9.31. The topological polar surface area (TPSA) is 86.7 Å². The van der Waals surface area contributed by atoms with Gasteiger partial charge >= 0.3 is 0 Å². The van der Waals surface area contributed by atoms with E-state index in [1.165, 1.54) is 0 Å². The van der Waals surface area contributed by atoms with Crippen molar-refractivity contribution >= 4 is 20.2 Å². The Hall–Kier alpha value is -2.26. The molecule has 4 aliphatic rings. The molecule has 2 aromatic carbocycles. The Morgan fingerprint density at radius 2 is 0.868 bits per heavy atom. The van der Waals surface area contributed by atoms with Gasteiger partial charge < -0.3 is 0 Å². The lowest BCUT2D eigenvalue weighted by atomic mass is 9.81. The van der Waals surface area contributed by atoms with Crippen LogP contribution in [-0.4, -0.2) is 30.0 Å². The van der Waals surface area contributed by atoms with Gasteiger partial charge in [-0.3, -0.25) is 8.37 Å². The van der Waals surface area contributed by atoms with Gasteiger partial charge in [0, 0.05) is 0 Å². The van der Waals surface area contributed by atoms with Crippen molar-refractivity contribution in [3.05, 3.63) is 84.0 Å². The lowest BCUT2D eigenvalue weighted by molar-refractivity contribution is 0.211. The Morgan fingerprint density at radius 1 is 0.553 bits per heavy atom. The van der Waals surface area contributed by atoms with Crippen LogP contribution >= 0.6 is 0 Å². The summed E-state index contributed by atoms with van der Waals surface area (Å²) in [4.78, 5) is 0.394. The first-order valence-electron chi connectivity index (χ1n) is 13.4. The van der Waals surface area contributed by atoms with Crippen LogP contribution in [0.15, 0.2) is 82.6 Å². The largest absolute Gasteiger partial charge is 0.296 e. The zero-order chi connectivity index (χ0) is 26.7. The van der Waals surface area contributed by atoms with Crippen molar-refractivity contribution in [2.45, 2.75) is 36.5 Å². The van der Waals surface area contributed by atoms with Crippen molar-refractivity contribution in [1.29, 1.82) is 0 Å². The molecule has 0 bridgehead atoms. The van der Waals surface area contributed by atoms with E-state index in [0.717, 1.165) is 11.1 Å². The van der Waals surface area contributed by atoms with E-state index in [2.05, 4.69) is 24.3 Å². The van der Waals surface area contributed by atoms with Crippen LogP contribution in [0.25, 0.3) is 0 Å². The highest BCUT2D eigenvalue weighted by Gasteiger charge is 2.63. The fourth-order valence-corrected chi connectivity index (χ4v) is 9.54. The molecular weight excluding hydrogens is 520 g/mol. The van der Waals surface area contributed by atoms with Gasteiger partial charge in [0.1, 0.15) is 0 Å². The fourth-order valence-electron chi connectivity index (χ4n) is 7.70. The lowest BCUT2D eigenvalue weighted by Gasteiger charge is -2.25. The minimum Gasteiger partial charge on any atom is -0.266 e. The average molecular weight is 555 g/mol. The molecular formula is C30H34O6S2. The van der Waals surface area contributed by atoms with E-state index < -0.39 is 20.2 Å². The smallest absolute Gasteiger partial charge is 0.266 e. The fraction of sp³-hybridized carbons (Fsp3) is 0.467. The van der Waals surface area contributed by atoms with Gasteiger partial charge in [0.15, 0.2) is 0 Å². The van der Waals surface area contributed by atoms with Crippen molar-refractivity contribution in [2.24, 2.45) is 47.3 Å². The molecule has 2 saturated carbocycles. The predicted octanol–water partition coefficient (Wildman–Crippen LogP) is 5.29. The standard InChI is InChI=1S/C30H34O6S2/c1-19-3-7-21(8-4-19)37(31,32)35-17-15-23-25-11-13-27-24(28-14-12-26(23)30(28)29(25)27)16-18-36-38(33,34)22-9-5-20(2)6-10-22/h3-14,23-30H,15-18H2,1-2H3. The SMILES string of the molecule is Cc1ccc(S(=O)(=O)OCCC2C3C=CC4C(CCOS(=O)(=O)c5ccc(C)cc5)C5C=CC2C5C34)cc1. The van der Waals surface area contributed by atoms with E-state index in [9.17, 15) is 16.8 Å². The lowest BCUT2D eigenvalue weighted by Crippen LogP contribution is -2.22. The highest BCUT2D eigenvalue weighted by Crippen LogP contribution is 2.68. The van der Waals surface area contributed by atoms with E-state index in [4.69, 9.17) is 8.37 Å². The number of rotatable bonds is 10. The molecule has 38 heavy (non-hydrogen) atoms. The molecule has 0 radical (unpaired) electrons. The van der Waals surface area contributed by atoms with E-state index in [1.54, 1.807) is 48.5 Å². The molecule has 2 aromatic rings. The maximum atomic E-state index is 12.6. The molecule has 202 valence electrons. The molecule has 4 atom stereocenters. The summed E-state index contributed by atoms with van der Waals surface area (Å²) in [6.07, 6.45) is 10.7. The molecule has 4 unspecified atom stereocenters. The zero-order valence-electron chi connectivity index (χ0n) is 21.6. The minimum atomic E-state index is -3.77. The molecule has 0 aliphatic heterocycles. The summed E-state index contributed by atoms with van der Waals surface area (Å²) < 4.78 is 61.5. The Morgan fingerprint density at radius 3 is 1.18 bits per heavy atom. The highest BCUT2D eigenvalue weighted by molar-refractivity contribution is 7.87. The van der Waals surface area contributed by atoms with Crippen LogP contribution in [-0.2, 0) is 28.6 Å². The molecule has 0 spiro atoms. The van der Waals surface area contributed by atoms with Gasteiger partial charge in [0.2, 0.25) is 0 Å². The van der Waals surface area contributed by atoms with Gasteiger partial charge in [-0.05, 0) is 98.3 Å². The Balaban J connectivity index is 1.07. The summed E-state index contributed by atoms with van der Waals surface area (Å²) in [6, 6.07) is 13.5. The molecule has 6 rings (SSSR count). The molecule has 4 aliphatic carbocycles. The number of hydrogen-bond acceptors (Lipinski definition) is 6. The van der Waals surface area contributed by atoms with Crippen LogP contribution < -0.4 is 0 Å². The van der Waals surface area contributed by atoms with Crippen molar-refractivity contribution < 1.29 is 25.2 Å². The average Bonchev–Trinajstić information content (AvgIpc) is 3.61. The van der Waals surface area contributed by atoms with Gasteiger partial charge in [-0.25, -0.2) is 0 Å². The summed E-state index contributed by atoms with van der Waals surface area (Å²) in [5.41, 5.74) is 2.01. The third kappa shape index (κ3) is 4.49. The quantitative estimate of drug-likeness (QED) is 0.293. The summed E-state index contributed by atoms with van der Waals surface area (Å²) in [7, 11) is -7.53. The van der Waals surface area contributed by atoms with Crippen LogP contribution in [0.3, 0.4) is 0 Å². The highest BCUT2D eigenvalue weighted by atomic mass is 32.2. The van der Waals surface area contributed by atoms with Crippen molar-refractivity contribution in [3.8, 4) is 0 Å². The van der Waals surface area contributed by atoms with Crippen molar-refractivity contribution in [3.63, 3.8) is 0 Å². The van der Waals surface area contributed by atoms with Crippen molar-refractivity contribution in [1.82, 2.24) is 0 Å². The van der Waals surface area contributed by atoms with E-state index in [1.807, 2.05) is 13.8 Å². The molecule has 0 amide bonds. The maximum Gasteiger partial charge on any atom is 0.296 e. The minimum absolute atomic E-state index is 0.179. The van der Waals surface area contributed by atoms with E-state index >= 15 is 0 Å². The van der Waals surface area contributed by atoms with Crippen LogP contribution in [0.5, 0.6) is 0 Å². The normalized spacial score (nSPS) is 32.8. The number of allylic oxidation sites excluding steroid dienone is 4. The summed E-state index contributed by atoms with van der Waals surface area (Å²) in [6.45, 7) is 4.20. The van der Waals surface area contributed by atoms with E-state index in [-0.39, 0.29) is 23.0 Å². The Kier molecular flexibility index (Phi) is 6.66. The summed E-state index contributed by atoms with van der Waals surface area (Å²) >= 11 is 0. The molecule has 6 nitrogen and oxygen atoms in total. The van der Waals surface area contributed by atoms with E-state index in [0.29, 0.717) is 60.2 Å². The first-order valence-corrected chi connectivity index (χ1v) is 16.3. The second-order valence-corrected chi connectivity index (χ2v) is 14.5. The molecule has 8 heteroatoms. The third-order valence-corrected chi connectivity index (χ3v) is 12.0. The Labute approximate surface area is 226 Å². The van der Waals surface area contributed by atoms with Crippen LogP contribution in [0.4, 0.5) is 0 Å². The van der Waals surface area contributed by atoms with Crippen molar-refractivity contribution in [2.75, 3.05) is 13.2 Å². The van der Waals surface area contributed by atoms with Crippen LogP contribution in [0.2, 0.25) is 0 Å². The van der Waals surface area contributed by atoms with Crippen LogP contribution in [0.1, 0.15) is 24.0 Å².